The number of likely N-dealkylation sites (N-methyl/N-ethyl adjacent to an activating group) is 1. The maximum atomic E-state index is 12.8. The third kappa shape index (κ3) is 3.68. The van der Waals surface area contributed by atoms with Gasteiger partial charge in [-0.05, 0) is 12.1 Å². The molecule has 1 aromatic carbocycles. The Bertz CT molecular complexity index is 773. The Balaban J connectivity index is 1.74. The number of rotatable bonds is 6. The van der Waals surface area contributed by atoms with E-state index in [1.165, 1.54) is 5.01 Å². The minimum absolute atomic E-state index is 0.00906. The van der Waals surface area contributed by atoms with Crippen LogP contribution in [0.5, 0.6) is 0 Å². The number of carboxylic acids is 1. The third-order valence-electron chi connectivity index (χ3n) is 4.09. The van der Waals surface area contributed by atoms with Crippen LogP contribution in [-0.4, -0.2) is 56.8 Å². The van der Waals surface area contributed by atoms with Gasteiger partial charge in [0, 0.05) is 39.0 Å². The summed E-state index contributed by atoms with van der Waals surface area (Å²) in [6, 6.07) is 8.47. The number of nitrogens with zero attached hydrogens (tertiary/aromatic N) is 5. The average molecular weight is 341 g/mol. The molecular formula is C17H19N5O3. The summed E-state index contributed by atoms with van der Waals surface area (Å²) < 4.78 is 1.88. The number of aliphatic carboxylic acids is 1. The predicted octanol–water partition coefficient (Wildman–Crippen LogP) is 1.06. The van der Waals surface area contributed by atoms with Gasteiger partial charge in [-0.1, -0.05) is 18.2 Å². The summed E-state index contributed by atoms with van der Waals surface area (Å²) in [5, 5.41) is 14.9. The van der Waals surface area contributed by atoms with E-state index in [0.717, 1.165) is 0 Å². The van der Waals surface area contributed by atoms with Crippen LogP contribution in [0.1, 0.15) is 6.42 Å². The number of carbonyl (C=O) groups excluding carboxylic acids is 1. The van der Waals surface area contributed by atoms with E-state index in [1.54, 1.807) is 36.6 Å². The van der Waals surface area contributed by atoms with Gasteiger partial charge in [0.25, 0.3) is 0 Å². The SMILES string of the molecule is CN(CCn1ccnc1)C(=O)C1CC(C(=O)O)=NN1c1ccccc1. The summed E-state index contributed by atoms with van der Waals surface area (Å²) in [4.78, 5) is 29.7. The molecular weight excluding hydrogens is 322 g/mol. The Labute approximate surface area is 145 Å². The van der Waals surface area contributed by atoms with Crippen LogP contribution in [0.15, 0.2) is 54.2 Å². The molecule has 0 bridgehead atoms. The van der Waals surface area contributed by atoms with Crippen LogP contribution in [0.25, 0.3) is 0 Å². The number of hydrogen-bond acceptors (Lipinski definition) is 5. The molecule has 1 atom stereocenters. The number of hydrazone groups is 1. The van der Waals surface area contributed by atoms with Crippen LogP contribution in [0, 0.1) is 0 Å². The van der Waals surface area contributed by atoms with Crippen molar-refractivity contribution >= 4 is 23.3 Å². The lowest BCUT2D eigenvalue weighted by Crippen LogP contribution is -2.44. The van der Waals surface area contributed by atoms with E-state index in [9.17, 15) is 14.7 Å². The van der Waals surface area contributed by atoms with Gasteiger partial charge in [-0.2, -0.15) is 5.10 Å². The first-order valence-corrected chi connectivity index (χ1v) is 7.92. The molecule has 0 radical (unpaired) electrons. The Hall–Kier alpha value is -3.16. The van der Waals surface area contributed by atoms with Gasteiger partial charge in [0.1, 0.15) is 11.8 Å². The van der Waals surface area contributed by atoms with E-state index in [4.69, 9.17) is 0 Å². The number of para-hydroxylation sites is 1. The molecule has 0 fully saturated rings. The molecule has 0 saturated heterocycles. The lowest BCUT2D eigenvalue weighted by molar-refractivity contribution is -0.131. The van der Waals surface area contributed by atoms with Crippen molar-refractivity contribution < 1.29 is 14.7 Å². The molecule has 0 saturated carbocycles. The number of hydrogen-bond donors (Lipinski definition) is 1. The summed E-state index contributed by atoms with van der Waals surface area (Å²) in [5.74, 6) is -1.26. The first-order valence-electron chi connectivity index (χ1n) is 7.92. The number of anilines is 1. The van der Waals surface area contributed by atoms with E-state index in [0.29, 0.717) is 18.8 Å². The standard InChI is InChI=1S/C17H19N5O3/c1-20(9-10-21-8-7-18-12-21)16(23)15-11-14(17(24)25)19-22(15)13-5-3-2-4-6-13/h2-8,12,15H,9-11H2,1H3,(H,24,25). The molecule has 2 heterocycles. The van der Waals surface area contributed by atoms with Crippen molar-refractivity contribution in [3.63, 3.8) is 0 Å². The quantitative estimate of drug-likeness (QED) is 0.848. The van der Waals surface area contributed by atoms with Crippen molar-refractivity contribution in [1.29, 1.82) is 0 Å². The number of carbonyl (C=O) groups is 2. The number of carboxylic acid groups (broad SMARTS) is 1. The predicted molar refractivity (Wildman–Crippen MR) is 92.3 cm³/mol. The molecule has 0 spiro atoms. The molecule has 8 heteroatoms. The lowest BCUT2D eigenvalue weighted by atomic mass is 10.1. The molecule has 0 aliphatic carbocycles. The molecule has 2 aromatic rings. The Morgan fingerprint density at radius 1 is 1.32 bits per heavy atom. The van der Waals surface area contributed by atoms with Crippen LogP contribution >= 0.6 is 0 Å². The second kappa shape index (κ2) is 7.16. The highest BCUT2D eigenvalue weighted by Crippen LogP contribution is 2.25. The van der Waals surface area contributed by atoms with Crippen molar-refractivity contribution in [3.8, 4) is 0 Å². The highest BCUT2D eigenvalue weighted by molar-refractivity contribution is 6.37. The summed E-state index contributed by atoms with van der Waals surface area (Å²) in [5.41, 5.74) is 0.685. The van der Waals surface area contributed by atoms with Crippen molar-refractivity contribution in [2.45, 2.75) is 19.0 Å². The van der Waals surface area contributed by atoms with Gasteiger partial charge in [0.2, 0.25) is 5.91 Å². The average Bonchev–Trinajstić information content (AvgIpc) is 3.29. The molecule has 25 heavy (non-hydrogen) atoms. The summed E-state index contributed by atoms with van der Waals surface area (Å²) in [6.45, 7) is 1.11. The Morgan fingerprint density at radius 3 is 2.72 bits per heavy atom. The highest BCUT2D eigenvalue weighted by Gasteiger charge is 2.37. The third-order valence-corrected chi connectivity index (χ3v) is 4.09. The van der Waals surface area contributed by atoms with Crippen LogP contribution < -0.4 is 5.01 Å². The van der Waals surface area contributed by atoms with Gasteiger partial charge in [-0.25, -0.2) is 9.78 Å². The van der Waals surface area contributed by atoms with Gasteiger partial charge in [-0.15, -0.1) is 0 Å². The van der Waals surface area contributed by atoms with E-state index in [-0.39, 0.29) is 18.0 Å². The van der Waals surface area contributed by atoms with Gasteiger partial charge in [0.05, 0.1) is 12.0 Å². The smallest absolute Gasteiger partial charge is 0.352 e. The zero-order chi connectivity index (χ0) is 17.8. The summed E-state index contributed by atoms with van der Waals surface area (Å²) in [7, 11) is 1.71. The lowest BCUT2D eigenvalue weighted by Gasteiger charge is -2.27. The monoisotopic (exact) mass is 341 g/mol. The molecule has 1 aliphatic heterocycles. The second-order valence-corrected chi connectivity index (χ2v) is 5.81. The molecule has 1 unspecified atom stereocenters. The number of imidazole rings is 1. The molecule has 1 aliphatic rings. The maximum Gasteiger partial charge on any atom is 0.352 e. The van der Waals surface area contributed by atoms with Gasteiger partial charge >= 0.3 is 5.97 Å². The number of amides is 1. The van der Waals surface area contributed by atoms with Crippen molar-refractivity contribution in [2.75, 3.05) is 18.6 Å². The fraction of sp³-hybridized carbons (Fsp3) is 0.294. The van der Waals surface area contributed by atoms with E-state index in [1.807, 2.05) is 29.0 Å². The first-order chi connectivity index (χ1) is 12.1. The zero-order valence-electron chi connectivity index (χ0n) is 13.8. The molecule has 1 amide bonds. The zero-order valence-corrected chi connectivity index (χ0v) is 13.8. The normalized spacial score (nSPS) is 16.6. The van der Waals surface area contributed by atoms with Crippen molar-refractivity contribution in [1.82, 2.24) is 14.5 Å². The van der Waals surface area contributed by atoms with Gasteiger partial charge in [-0.3, -0.25) is 9.80 Å². The maximum absolute atomic E-state index is 12.8. The fourth-order valence-electron chi connectivity index (χ4n) is 2.70. The molecule has 3 rings (SSSR count). The number of aromatic nitrogens is 2. The fourth-order valence-corrected chi connectivity index (χ4v) is 2.70. The number of benzene rings is 1. The van der Waals surface area contributed by atoms with Crippen LogP contribution in [-0.2, 0) is 16.1 Å². The molecule has 8 nitrogen and oxygen atoms in total. The highest BCUT2D eigenvalue weighted by atomic mass is 16.4. The molecule has 1 N–H and O–H groups in total. The minimum atomic E-state index is -1.10. The largest absolute Gasteiger partial charge is 0.477 e. The van der Waals surface area contributed by atoms with E-state index < -0.39 is 12.0 Å². The Morgan fingerprint density at radius 2 is 2.08 bits per heavy atom. The summed E-state index contributed by atoms with van der Waals surface area (Å²) >= 11 is 0. The minimum Gasteiger partial charge on any atom is -0.477 e. The molecule has 1 aromatic heterocycles. The van der Waals surface area contributed by atoms with Crippen LogP contribution in [0.3, 0.4) is 0 Å². The van der Waals surface area contributed by atoms with Gasteiger partial charge in [0.15, 0.2) is 0 Å². The Kier molecular flexibility index (Phi) is 4.78. The van der Waals surface area contributed by atoms with Crippen LogP contribution in [0.2, 0.25) is 0 Å². The van der Waals surface area contributed by atoms with Gasteiger partial charge < -0.3 is 14.6 Å². The van der Waals surface area contributed by atoms with Crippen LogP contribution in [0.4, 0.5) is 5.69 Å². The summed E-state index contributed by atoms with van der Waals surface area (Å²) in [6.07, 6.45) is 5.28. The van der Waals surface area contributed by atoms with E-state index in [2.05, 4.69) is 10.1 Å². The van der Waals surface area contributed by atoms with Crippen molar-refractivity contribution in [2.24, 2.45) is 5.10 Å². The van der Waals surface area contributed by atoms with Crippen molar-refractivity contribution in [3.05, 3.63) is 49.1 Å². The van der Waals surface area contributed by atoms with E-state index >= 15 is 0 Å². The first kappa shape index (κ1) is 16.7. The topological polar surface area (TPSA) is 91.0 Å². The molecule has 130 valence electrons. The second-order valence-electron chi connectivity index (χ2n) is 5.81.